The zero-order chi connectivity index (χ0) is 16.3. The molecule has 0 radical (unpaired) electrons. The predicted molar refractivity (Wildman–Crippen MR) is 82.5 cm³/mol. The van der Waals surface area contributed by atoms with Crippen molar-refractivity contribution in [3.63, 3.8) is 0 Å². The van der Waals surface area contributed by atoms with Gasteiger partial charge in [-0.25, -0.2) is 0 Å². The Hall–Kier alpha value is -2.08. The standard InChI is InChI=1S/C17H21NO5/c19-15(10-12-1-2-14-13(9-12)3-6-23-14)18-11-17(16(20)21)4-7-22-8-5-17/h1-2,9H,3-8,10-11H2,(H,18,19)(H,20,21). The lowest BCUT2D eigenvalue weighted by Crippen LogP contribution is -2.46. The van der Waals surface area contributed by atoms with Crippen LogP contribution in [0.25, 0.3) is 0 Å². The number of nitrogens with one attached hydrogen (secondary N) is 1. The zero-order valence-corrected chi connectivity index (χ0v) is 13.0. The van der Waals surface area contributed by atoms with Gasteiger partial charge in [0, 0.05) is 26.2 Å². The van der Waals surface area contributed by atoms with Crippen LogP contribution < -0.4 is 10.1 Å². The van der Waals surface area contributed by atoms with Crippen LogP contribution in [0.3, 0.4) is 0 Å². The predicted octanol–water partition coefficient (Wildman–Crippen LogP) is 1.16. The Bertz CT molecular complexity index is 607. The first-order chi connectivity index (χ1) is 11.1. The minimum atomic E-state index is -0.903. The van der Waals surface area contributed by atoms with Gasteiger partial charge in [-0.15, -0.1) is 0 Å². The minimum absolute atomic E-state index is 0.151. The number of carbonyl (C=O) groups excluding carboxylic acids is 1. The van der Waals surface area contributed by atoms with Crippen molar-refractivity contribution >= 4 is 11.9 Å². The number of aliphatic carboxylic acids is 1. The monoisotopic (exact) mass is 319 g/mol. The molecule has 1 amide bonds. The lowest BCUT2D eigenvalue weighted by molar-refractivity contribution is -0.154. The highest BCUT2D eigenvalue weighted by molar-refractivity contribution is 5.80. The molecular formula is C17H21NO5. The molecule has 0 atom stereocenters. The van der Waals surface area contributed by atoms with Gasteiger partial charge in [-0.2, -0.15) is 0 Å². The van der Waals surface area contributed by atoms with Gasteiger partial charge in [0.15, 0.2) is 0 Å². The molecule has 6 nitrogen and oxygen atoms in total. The third-order valence-corrected chi connectivity index (χ3v) is 4.65. The Labute approximate surface area is 134 Å². The van der Waals surface area contributed by atoms with Crippen molar-refractivity contribution in [2.24, 2.45) is 5.41 Å². The molecule has 0 saturated carbocycles. The number of carbonyl (C=O) groups is 2. The molecular weight excluding hydrogens is 298 g/mol. The second-order valence-corrected chi connectivity index (χ2v) is 6.19. The fraction of sp³-hybridized carbons (Fsp3) is 0.529. The summed E-state index contributed by atoms with van der Waals surface area (Å²) in [4.78, 5) is 23.7. The van der Waals surface area contributed by atoms with E-state index < -0.39 is 11.4 Å². The molecule has 1 aromatic rings. The van der Waals surface area contributed by atoms with Crippen molar-refractivity contribution in [1.29, 1.82) is 0 Å². The number of benzene rings is 1. The SMILES string of the molecule is O=C(Cc1ccc2c(c1)CCO2)NCC1(C(=O)O)CCOCC1. The molecule has 2 heterocycles. The van der Waals surface area contributed by atoms with Gasteiger partial charge in [0.25, 0.3) is 0 Å². The molecule has 1 saturated heterocycles. The van der Waals surface area contributed by atoms with Gasteiger partial charge in [-0.05, 0) is 30.0 Å². The molecule has 1 fully saturated rings. The van der Waals surface area contributed by atoms with Crippen molar-refractivity contribution in [1.82, 2.24) is 5.32 Å². The molecule has 6 heteroatoms. The van der Waals surface area contributed by atoms with Gasteiger partial charge < -0.3 is 19.9 Å². The quantitative estimate of drug-likeness (QED) is 0.851. The van der Waals surface area contributed by atoms with Crippen molar-refractivity contribution in [2.45, 2.75) is 25.7 Å². The first-order valence-electron chi connectivity index (χ1n) is 7.91. The van der Waals surface area contributed by atoms with E-state index in [-0.39, 0.29) is 18.9 Å². The molecule has 0 aromatic heterocycles. The Kier molecular flexibility index (Phi) is 4.52. The maximum atomic E-state index is 12.2. The van der Waals surface area contributed by atoms with E-state index in [0.717, 1.165) is 23.3 Å². The Morgan fingerprint density at radius 2 is 2.00 bits per heavy atom. The number of carboxylic acid groups (broad SMARTS) is 1. The van der Waals surface area contributed by atoms with Crippen molar-refractivity contribution < 1.29 is 24.2 Å². The van der Waals surface area contributed by atoms with Crippen LogP contribution in [-0.4, -0.2) is 43.3 Å². The summed E-state index contributed by atoms with van der Waals surface area (Å²) < 4.78 is 10.7. The van der Waals surface area contributed by atoms with E-state index in [2.05, 4.69) is 5.32 Å². The molecule has 2 aliphatic heterocycles. The van der Waals surface area contributed by atoms with E-state index in [1.165, 1.54) is 0 Å². The molecule has 23 heavy (non-hydrogen) atoms. The normalized spacial score (nSPS) is 18.8. The maximum Gasteiger partial charge on any atom is 0.311 e. The summed E-state index contributed by atoms with van der Waals surface area (Å²) in [5.74, 6) is -0.132. The average Bonchev–Trinajstić information content (AvgIpc) is 3.01. The van der Waals surface area contributed by atoms with E-state index in [1.54, 1.807) is 0 Å². The van der Waals surface area contributed by atoms with Crippen LogP contribution in [0.1, 0.15) is 24.0 Å². The van der Waals surface area contributed by atoms with E-state index >= 15 is 0 Å². The lowest BCUT2D eigenvalue weighted by atomic mass is 9.80. The van der Waals surface area contributed by atoms with Crippen molar-refractivity contribution in [3.8, 4) is 5.75 Å². The summed E-state index contributed by atoms with van der Waals surface area (Å²) in [6, 6.07) is 5.76. The molecule has 124 valence electrons. The summed E-state index contributed by atoms with van der Waals surface area (Å²) in [7, 11) is 0. The minimum Gasteiger partial charge on any atom is -0.493 e. The first-order valence-corrected chi connectivity index (χ1v) is 7.91. The molecule has 0 aliphatic carbocycles. The number of hydrogen-bond acceptors (Lipinski definition) is 4. The summed E-state index contributed by atoms with van der Waals surface area (Å²) in [5.41, 5.74) is 1.14. The Morgan fingerprint density at radius 3 is 2.74 bits per heavy atom. The lowest BCUT2D eigenvalue weighted by Gasteiger charge is -2.33. The highest BCUT2D eigenvalue weighted by atomic mass is 16.5. The largest absolute Gasteiger partial charge is 0.493 e. The number of rotatable bonds is 5. The molecule has 3 rings (SSSR count). The number of fused-ring (bicyclic) bond motifs is 1. The van der Waals surface area contributed by atoms with Crippen LogP contribution in [0.2, 0.25) is 0 Å². The summed E-state index contributed by atoms with van der Waals surface area (Å²) in [6.45, 7) is 1.69. The zero-order valence-electron chi connectivity index (χ0n) is 13.0. The summed E-state index contributed by atoms with van der Waals surface area (Å²) in [5, 5.41) is 12.3. The molecule has 0 spiro atoms. The number of carboxylic acids is 1. The fourth-order valence-electron chi connectivity index (χ4n) is 3.09. The average molecular weight is 319 g/mol. The van der Waals surface area contributed by atoms with Crippen LogP contribution in [0.5, 0.6) is 5.75 Å². The number of amides is 1. The van der Waals surface area contributed by atoms with E-state index in [9.17, 15) is 14.7 Å². The van der Waals surface area contributed by atoms with Gasteiger partial charge in [-0.3, -0.25) is 9.59 Å². The highest BCUT2D eigenvalue weighted by Crippen LogP contribution is 2.30. The van der Waals surface area contributed by atoms with Gasteiger partial charge in [0.1, 0.15) is 5.75 Å². The van der Waals surface area contributed by atoms with Gasteiger partial charge >= 0.3 is 5.97 Å². The first kappa shape index (κ1) is 15.8. The van der Waals surface area contributed by atoms with Crippen LogP contribution in [-0.2, 0) is 27.2 Å². The van der Waals surface area contributed by atoms with Gasteiger partial charge in [0.2, 0.25) is 5.91 Å². The molecule has 0 bridgehead atoms. The summed E-state index contributed by atoms with van der Waals surface area (Å²) in [6.07, 6.45) is 1.98. The molecule has 2 N–H and O–H groups in total. The smallest absolute Gasteiger partial charge is 0.311 e. The van der Waals surface area contributed by atoms with Gasteiger partial charge in [-0.1, -0.05) is 12.1 Å². The van der Waals surface area contributed by atoms with Crippen LogP contribution >= 0.6 is 0 Å². The number of hydrogen-bond donors (Lipinski definition) is 2. The van der Waals surface area contributed by atoms with E-state index in [0.29, 0.717) is 32.7 Å². The molecule has 2 aliphatic rings. The highest BCUT2D eigenvalue weighted by Gasteiger charge is 2.40. The van der Waals surface area contributed by atoms with Crippen molar-refractivity contribution in [3.05, 3.63) is 29.3 Å². The van der Waals surface area contributed by atoms with E-state index in [1.807, 2.05) is 18.2 Å². The molecule has 0 unspecified atom stereocenters. The molecule has 1 aromatic carbocycles. The van der Waals surface area contributed by atoms with Crippen LogP contribution in [0, 0.1) is 5.41 Å². The third kappa shape index (κ3) is 3.47. The fourth-order valence-corrected chi connectivity index (χ4v) is 3.09. The van der Waals surface area contributed by atoms with E-state index in [4.69, 9.17) is 9.47 Å². The summed E-state index contributed by atoms with van der Waals surface area (Å²) >= 11 is 0. The second-order valence-electron chi connectivity index (χ2n) is 6.19. The Morgan fingerprint density at radius 1 is 1.22 bits per heavy atom. The van der Waals surface area contributed by atoms with Crippen molar-refractivity contribution in [2.75, 3.05) is 26.4 Å². The Balaban J connectivity index is 1.57. The maximum absolute atomic E-state index is 12.2. The van der Waals surface area contributed by atoms with Crippen LogP contribution in [0.4, 0.5) is 0 Å². The second kappa shape index (κ2) is 6.58. The topological polar surface area (TPSA) is 84.9 Å². The van der Waals surface area contributed by atoms with Gasteiger partial charge in [0.05, 0.1) is 18.4 Å². The number of ether oxygens (including phenoxy) is 2. The third-order valence-electron chi connectivity index (χ3n) is 4.65. The van der Waals surface area contributed by atoms with Crippen LogP contribution in [0.15, 0.2) is 18.2 Å².